The van der Waals surface area contributed by atoms with Crippen LogP contribution in [-0.4, -0.2) is 15.6 Å². The molecule has 0 fully saturated rings. The minimum absolute atomic E-state index is 0.709. The third-order valence-electron chi connectivity index (χ3n) is 0.835. The van der Waals surface area contributed by atoms with Crippen molar-refractivity contribution in [3.05, 3.63) is 11.9 Å². The average molecular weight is 118 g/mol. The Hall–Kier alpha value is -0.0400. The maximum atomic E-state index is 8.72. The second-order valence-electron chi connectivity index (χ2n) is 1.50. The highest BCUT2D eigenvalue weighted by atomic mass is 31.2. The van der Waals surface area contributed by atoms with Crippen LogP contribution in [0, 0.1) is 0 Å². The molecule has 2 nitrogen and oxygen atoms in total. The molecule has 0 saturated heterocycles. The first-order valence-corrected chi connectivity index (χ1v) is 3.90. The molecule has 7 heavy (non-hydrogen) atoms. The topological polar surface area (TPSA) is 40.5 Å². The first kappa shape index (κ1) is 5.10. The highest BCUT2D eigenvalue weighted by Gasteiger charge is 2.04. The molecule has 0 aromatic heterocycles. The Bertz CT molecular complexity index is 142. The second kappa shape index (κ2) is 1.48. The van der Waals surface area contributed by atoms with E-state index >= 15 is 0 Å². The standard InChI is InChI=1S/C4H7O2P/c5-7(6)3-1-2-4-7/h1,3-6H,2H2. The number of hydrogen-bond donors (Lipinski definition) is 2. The molecule has 0 bridgehead atoms. The van der Waals surface area contributed by atoms with Gasteiger partial charge in [-0.2, -0.15) is 0 Å². The summed E-state index contributed by atoms with van der Waals surface area (Å²) in [6, 6.07) is 0. The van der Waals surface area contributed by atoms with Crippen LogP contribution in [0.1, 0.15) is 6.42 Å². The zero-order valence-corrected chi connectivity index (χ0v) is 4.68. The van der Waals surface area contributed by atoms with Crippen molar-refractivity contribution in [2.24, 2.45) is 0 Å². The fraction of sp³-hybridized carbons (Fsp3) is 0.250. The molecule has 1 heterocycles. The third-order valence-corrected chi connectivity index (χ3v) is 2.23. The lowest BCUT2D eigenvalue weighted by molar-refractivity contribution is 0.490. The Kier molecular flexibility index (Phi) is 1.08. The Balaban J connectivity index is 2.89. The van der Waals surface area contributed by atoms with E-state index in [0.29, 0.717) is 6.42 Å². The van der Waals surface area contributed by atoms with E-state index in [1.54, 1.807) is 6.08 Å². The minimum Gasteiger partial charge on any atom is -0.350 e. The van der Waals surface area contributed by atoms with Gasteiger partial charge in [0.05, 0.1) is 0 Å². The van der Waals surface area contributed by atoms with Crippen LogP contribution in [0.4, 0.5) is 0 Å². The molecule has 1 aliphatic rings. The van der Waals surface area contributed by atoms with E-state index in [-0.39, 0.29) is 0 Å². The predicted octanol–water partition coefficient (Wildman–Crippen LogP) is 0.538. The fourth-order valence-corrected chi connectivity index (χ4v) is 1.48. The van der Waals surface area contributed by atoms with Gasteiger partial charge in [-0.15, -0.1) is 0 Å². The molecule has 0 radical (unpaired) electrons. The quantitative estimate of drug-likeness (QED) is 0.455. The normalized spacial score (nSPS) is 24.9. The van der Waals surface area contributed by atoms with Crippen LogP contribution >= 0.6 is 7.34 Å². The van der Waals surface area contributed by atoms with E-state index in [2.05, 4.69) is 0 Å². The molecule has 0 spiro atoms. The largest absolute Gasteiger partial charge is 0.350 e. The van der Waals surface area contributed by atoms with Gasteiger partial charge in [0, 0.05) is 0 Å². The monoisotopic (exact) mass is 118 g/mol. The van der Waals surface area contributed by atoms with Crippen LogP contribution in [0.2, 0.25) is 0 Å². The Morgan fingerprint density at radius 1 is 1.43 bits per heavy atom. The van der Waals surface area contributed by atoms with Gasteiger partial charge < -0.3 is 9.79 Å². The predicted molar refractivity (Wildman–Crippen MR) is 31.2 cm³/mol. The molecule has 0 amide bonds. The first-order valence-electron chi connectivity index (χ1n) is 2.07. The van der Waals surface area contributed by atoms with Crippen molar-refractivity contribution in [1.82, 2.24) is 0 Å². The second-order valence-corrected chi connectivity index (χ2v) is 3.57. The summed E-state index contributed by atoms with van der Waals surface area (Å²) in [5, 5.41) is 0. The van der Waals surface area contributed by atoms with Gasteiger partial charge >= 0.3 is 0 Å². The van der Waals surface area contributed by atoms with Crippen LogP contribution in [-0.2, 0) is 0 Å². The fourth-order valence-electron chi connectivity index (χ4n) is 0.493. The molecule has 3 heteroatoms. The highest BCUT2D eigenvalue weighted by molar-refractivity contribution is 7.67. The van der Waals surface area contributed by atoms with Gasteiger partial charge in [0.15, 0.2) is 0 Å². The lowest BCUT2D eigenvalue weighted by Crippen LogP contribution is -1.69. The lowest BCUT2D eigenvalue weighted by Gasteiger charge is -1.97. The van der Waals surface area contributed by atoms with E-state index in [1.165, 1.54) is 11.6 Å². The Labute approximate surface area is 42.2 Å². The molecule has 0 aromatic carbocycles. The minimum atomic E-state index is -2.60. The Morgan fingerprint density at radius 2 is 2.14 bits per heavy atom. The zero-order valence-electron chi connectivity index (χ0n) is 3.78. The number of rotatable bonds is 0. The SMILES string of the molecule is OP1(O)=CCC=C1. The van der Waals surface area contributed by atoms with Crippen LogP contribution in [0.3, 0.4) is 0 Å². The summed E-state index contributed by atoms with van der Waals surface area (Å²) >= 11 is 0. The summed E-state index contributed by atoms with van der Waals surface area (Å²) in [6.45, 7) is 0. The molecule has 0 aliphatic carbocycles. The molecule has 0 unspecified atom stereocenters. The maximum absolute atomic E-state index is 8.72. The molecule has 0 aromatic rings. The van der Waals surface area contributed by atoms with E-state index in [4.69, 9.17) is 9.79 Å². The van der Waals surface area contributed by atoms with Crippen molar-refractivity contribution in [3.63, 3.8) is 0 Å². The lowest BCUT2D eigenvalue weighted by atomic mass is 10.5. The van der Waals surface area contributed by atoms with Crippen LogP contribution in [0.15, 0.2) is 11.9 Å². The van der Waals surface area contributed by atoms with Gasteiger partial charge in [0.2, 0.25) is 0 Å². The van der Waals surface area contributed by atoms with Gasteiger partial charge in [0.1, 0.15) is 7.34 Å². The van der Waals surface area contributed by atoms with Crippen molar-refractivity contribution in [1.29, 1.82) is 0 Å². The van der Waals surface area contributed by atoms with E-state index in [1.807, 2.05) is 0 Å². The molecular formula is C4H7O2P. The van der Waals surface area contributed by atoms with E-state index < -0.39 is 7.34 Å². The summed E-state index contributed by atoms with van der Waals surface area (Å²) in [5.74, 6) is 3.00. The first-order chi connectivity index (χ1) is 3.21. The van der Waals surface area contributed by atoms with Crippen LogP contribution in [0.5, 0.6) is 0 Å². The van der Waals surface area contributed by atoms with Crippen molar-refractivity contribution in [3.8, 4) is 0 Å². The maximum Gasteiger partial charge on any atom is 0.138 e. The van der Waals surface area contributed by atoms with Gasteiger partial charge in [-0.25, -0.2) is 0 Å². The third kappa shape index (κ3) is 1.16. The van der Waals surface area contributed by atoms with E-state index in [0.717, 1.165) is 0 Å². The zero-order chi connectivity index (χ0) is 5.33. The van der Waals surface area contributed by atoms with Gasteiger partial charge in [-0.1, -0.05) is 6.08 Å². The summed E-state index contributed by atoms with van der Waals surface area (Å²) in [4.78, 5) is 17.4. The molecular weight excluding hydrogens is 111 g/mol. The van der Waals surface area contributed by atoms with Crippen molar-refractivity contribution in [2.45, 2.75) is 6.42 Å². The molecule has 2 N–H and O–H groups in total. The van der Waals surface area contributed by atoms with Crippen LogP contribution in [0.25, 0.3) is 0 Å². The van der Waals surface area contributed by atoms with Crippen molar-refractivity contribution in [2.75, 3.05) is 0 Å². The summed E-state index contributed by atoms with van der Waals surface area (Å²) in [5.41, 5.74) is 0. The summed E-state index contributed by atoms with van der Waals surface area (Å²) < 4.78 is 0. The molecule has 0 saturated carbocycles. The highest BCUT2D eigenvalue weighted by Crippen LogP contribution is 2.41. The number of hydrogen-bond acceptors (Lipinski definition) is 2. The van der Waals surface area contributed by atoms with Crippen molar-refractivity contribution < 1.29 is 9.79 Å². The summed E-state index contributed by atoms with van der Waals surface area (Å²) in [7, 11) is -2.60. The number of allylic oxidation sites excluding steroid dienone is 1. The van der Waals surface area contributed by atoms with Gasteiger partial charge in [-0.05, 0) is 18.0 Å². The van der Waals surface area contributed by atoms with Crippen LogP contribution < -0.4 is 0 Å². The van der Waals surface area contributed by atoms with E-state index in [9.17, 15) is 0 Å². The van der Waals surface area contributed by atoms with Crippen molar-refractivity contribution >= 4 is 13.1 Å². The van der Waals surface area contributed by atoms with Gasteiger partial charge in [-0.3, -0.25) is 0 Å². The molecule has 40 valence electrons. The molecule has 1 rings (SSSR count). The molecule has 1 aliphatic heterocycles. The van der Waals surface area contributed by atoms with Gasteiger partial charge in [0.25, 0.3) is 0 Å². The Morgan fingerprint density at radius 3 is 2.29 bits per heavy atom. The molecule has 0 atom stereocenters. The summed E-state index contributed by atoms with van der Waals surface area (Å²) in [6.07, 6.45) is 2.47. The smallest absolute Gasteiger partial charge is 0.138 e. The average Bonchev–Trinajstić information content (AvgIpc) is 1.84.